The molecule has 0 unspecified atom stereocenters. The van der Waals surface area contributed by atoms with Gasteiger partial charge in [-0.05, 0) is 49.7 Å². The second-order valence-corrected chi connectivity index (χ2v) is 7.20. The van der Waals surface area contributed by atoms with Crippen molar-refractivity contribution in [2.45, 2.75) is 19.9 Å². The molecule has 2 aromatic carbocycles. The number of hydrogen-bond acceptors (Lipinski definition) is 6. The second kappa shape index (κ2) is 8.31. The minimum atomic E-state index is -0.279. The predicted molar refractivity (Wildman–Crippen MR) is 124 cm³/mol. The molecule has 0 saturated carbocycles. The molecule has 2 heterocycles. The van der Waals surface area contributed by atoms with Gasteiger partial charge in [-0.2, -0.15) is 0 Å². The third kappa shape index (κ3) is 3.73. The van der Waals surface area contributed by atoms with E-state index >= 15 is 0 Å². The number of phenols is 1. The topological polar surface area (TPSA) is 92.1 Å². The number of fused-ring (bicyclic) bond motifs is 1. The van der Waals surface area contributed by atoms with Crippen LogP contribution in [0, 0.1) is 6.92 Å². The molecule has 156 valence electrons. The Hall–Kier alpha value is -4.13. The lowest BCUT2D eigenvalue weighted by atomic mass is 10.1. The van der Waals surface area contributed by atoms with Gasteiger partial charge < -0.3 is 15.7 Å². The summed E-state index contributed by atoms with van der Waals surface area (Å²) in [6.45, 7) is 7.55. The number of pyridine rings is 1. The maximum absolute atomic E-state index is 13.5. The van der Waals surface area contributed by atoms with Crippen LogP contribution in [0.5, 0.6) is 5.75 Å². The third-order valence-corrected chi connectivity index (χ3v) is 5.19. The van der Waals surface area contributed by atoms with Crippen LogP contribution in [0.3, 0.4) is 0 Å². The van der Waals surface area contributed by atoms with E-state index in [0.717, 1.165) is 16.9 Å². The molecular weight excluding hydrogens is 390 g/mol. The van der Waals surface area contributed by atoms with Crippen molar-refractivity contribution in [1.29, 1.82) is 0 Å². The van der Waals surface area contributed by atoms with E-state index in [1.165, 1.54) is 12.4 Å². The Morgan fingerprint density at radius 2 is 1.84 bits per heavy atom. The number of phenolic OH excluding ortho intramolecular Hbond substituents is 1. The van der Waals surface area contributed by atoms with Crippen LogP contribution in [0.1, 0.15) is 24.2 Å². The summed E-state index contributed by atoms with van der Waals surface area (Å²) < 4.78 is 1.62. The molecule has 0 aliphatic rings. The van der Waals surface area contributed by atoms with Crippen molar-refractivity contribution in [1.82, 2.24) is 14.5 Å². The Labute approximate surface area is 179 Å². The number of hydrogen-bond donors (Lipinski definition) is 3. The smallest absolute Gasteiger partial charge is 0.267 e. The highest BCUT2D eigenvalue weighted by atomic mass is 16.3. The lowest BCUT2D eigenvalue weighted by Crippen LogP contribution is -2.26. The molecule has 0 spiro atoms. The highest BCUT2D eigenvalue weighted by Gasteiger charge is 2.19. The molecule has 7 nitrogen and oxygen atoms in total. The van der Waals surface area contributed by atoms with E-state index in [-0.39, 0.29) is 22.7 Å². The normalized spacial score (nSPS) is 11.8. The number of aromatic nitrogens is 3. The number of para-hydroxylation sites is 1. The highest BCUT2D eigenvalue weighted by Crippen LogP contribution is 2.28. The van der Waals surface area contributed by atoms with Crippen LogP contribution in [0.4, 0.5) is 11.6 Å². The fourth-order valence-corrected chi connectivity index (χ4v) is 3.64. The second-order valence-electron chi connectivity index (χ2n) is 7.20. The largest absolute Gasteiger partial charge is 0.507 e. The number of aromatic hydroxyl groups is 1. The quantitative estimate of drug-likeness (QED) is 0.430. The molecule has 0 bridgehead atoms. The van der Waals surface area contributed by atoms with Crippen LogP contribution in [0.25, 0.3) is 16.5 Å². The SMILES string of the molecule is C=CNc1ncnc(N[C@@H](C)c2cc3cccc(O)c3c(=O)n2-c2ccccc2)c1C. The summed E-state index contributed by atoms with van der Waals surface area (Å²) in [5, 5.41) is 17.7. The van der Waals surface area contributed by atoms with E-state index in [0.29, 0.717) is 17.0 Å². The lowest BCUT2D eigenvalue weighted by molar-refractivity contribution is 0.481. The molecule has 0 aliphatic carbocycles. The first-order valence-electron chi connectivity index (χ1n) is 9.90. The van der Waals surface area contributed by atoms with Crippen molar-refractivity contribution in [2.75, 3.05) is 10.6 Å². The van der Waals surface area contributed by atoms with Crippen LogP contribution in [0.2, 0.25) is 0 Å². The first kappa shape index (κ1) is 20.2. The molecular formula is C24H23N5O2. The number of nitrogens with zero attached hydrogens (tertiary/aromatic N) is 3. The van der Waals surface area contributed by atoms with Gasteiger partial charge in [-0.15, -0.1) is 0 Å². The number of anilines is 2. The Morgan fingerprint density at radius 1 is 1.10 bits per heavy atom. The minimum absolute atomic E-state index is 0.0360. The fourth-order valence-electron chi connectivity index (χ4n) is 3.64. The lowest BCUT2D eigenvalue weighted by Gasteiger charge is -2.22. The van der Waals surface area contributed by atoms with Gasteiger partial charge in [0.05, 0.1) is 11.4 Å². The van der Waals surface area contributed by atoms with Crippen molar-refractivity contribution >= 4 is 22.4 Å². The molecule has 31 heavy (non-hydrogen) atoms. The first-order chi connectivity index (χ1) is 15.0. The van der Waals surface area contributed by atoms with E-state index < -0.39 is 0 Å². The zero-order chi connectivity index (χ0) is 22.0. The standard InChI is InChI=1S/C24H23N5O2/c1-4-25-22-15(2)23(27-14-26-22)28-16(3)19-13-17-9-8-12-20(30)21(17)24(31)29(19)18-10-6-5-7-11-18/h4-14,16,30H,1H2,2-3H3,(H2,25,26,27,28)/t16-/m0/s1. The van der Waals surface area contributed by atoms with Crippen LogP contribution in [-0.4, -0.2) is 19.6 Å². The summed E-state index contributed by atoms with van der Waals surface area (Å²) >= 11 is 0. The average Bonchev–Trinajstić information content (AvgIpc) is 2.77. The number of nitrogens with one attached hydrogen (secondary N) is 2. The third-order valence-electron chi connectivity index (χ3n) is 5.19. The van der Waals surface area contributed by atoms with Crippen LogP contribution < -0.4 is 16.2 Å². The Balaban J connectivity index is 1.88. The highest BCUT2D eigenvalue weighted by molar-refractivity contribution is 5.88. The van der Waals surface area contributed by atoms with Crippen molar-refractivity contribution in [2.24, 2.45) is 0 Å². The first-order valence-corrected chi connectivity index (χ1v) is 9.90. The summed E-state index contributed by atoms with van der Waals surface area (Å²) in [6, 6.07) is 16.1. The van der Waals surface area contributed by atoms with E-state index in [2.05, 4.69) is 27.2 Å². The van der Waals surface area contributed by atoms with E-state index in [4.69, 9.17) is 0 Å². The zero-order valence-corrected chi connectivity index (χ0v) is 17.3. The Morgan fingerprint density at radius 3 is 2.58 bits per heavy atom. The molecule has 0 amide bonds. The van der Waals surface area contributed by atoms with E-state index in [1.807, 2.05) is 56.3 Å². The van der Waals surface area contributed by atoms with Gasteiger partial charge in [-0.3, -0.25) is 9.36 Å². The Bertz CT molecular complexity index is 1320. The molecule has 0 saturated heterocycles. The predicted octanol–water partition coefficient (Wildman–Crippen LogP) is 4.52. The monoisotopic (exact) mass is 413 g/mol. The summed E-state index contributed by atoms with van der Waals surface area (Å²) in [7, 11) is 0. The molecule has 0 fully saturated rings. The maximum atomic E-state index is 13.5. The van der Waals surface area contributed by atoms with Crippen molar-refractivity contribution in [3.8, 4) is 11.4 Å². The van der Waals surface area contributed by atoms with Gasteiger partial charge in [0.1, 0.15) is 23.7 Å². The van der Waals surface area contributed by atoms with Crippen molar-refractivity contribution in [3.05, 3.63) is 95.3 Å². The number of rotatable bonds is 6. The minimum Gasteiger partial charge on any atom is -0.507 e. The van der Waals surface area contributed by atoms with Gasteiger partial charge in [0.2, 0.25) is 0 Å². The molecule has 0 aliphatic heterocycles. The van der Waals surface area contributed by atoms with Crippen LogP contribution >= 0.6 is 0 Å². The molecule has 4 rings (SSSR count). The van der Waals surface area contributed by atoms with Gasteiger partial charge in [-0.25, -0.2) is 9.97 Å². The van der Waals surface area contributed by atoms with Gasteiger partial charge in [0.15, 0.2) is 0 Å². The molecule has 7 heteroatoms. The summed E-state index contributed by atoms with van der Waals surface area (Å²) in [5.41, 5.74) is 2.01. The van der Waals surface area contributed by atoms with Gasteiger partial charge in [0.25, 0.3) is 5.56 Å². The molecule has 0 radical (unpaired) electrons. The molecule has 4 aromatic rings. The van der Waals surface area contributed by atoms with Crippen LogP contribution in [-0.2, 0) is 0 Å². The van der Waals surface area contributed by atoms with Gasteiger partial charge in [-0.1, -0.05) is 36.9 Å². The summed E-state index contributed by atoms with van der Waals surface area (Å²) in [5.74, 6) is 1.27. The number of benzene rings is 2. The Kier molecular flexibility index (Phi) is 5.41. The molecule has 1 atom stereocenters. The van der Waals surface area contributed by atoms with Gasteiger partial charge >= 0.3 is 0 Å². The van der Waals surface area contributed by atoms with Crippen molar-refractivity contribution in [3.63, 3.8) is 0 Å². The van der Waals surface area contributed by atoms with Crippen molar-refractivity contribution < 1.29 is 5.11 Å². The van der Waals surface area contributed by atoms with Crippen LogP contribution in [0.15, 0.2) is 78.5 Å². The van der Waals surface area contributed by atoms with E-state index in [1.54, 1.807) is 16.8 Å². The fraction of sp³-hybridized carbons (Fsp3) is 0.125. The molecule has 2 aromatic heterocycles. The average molecular weight is 413 g/mol. The van der Waals surface area contributed by atoms with E-state index in [9.17, 15) is 9.90 Å². The maximum Gasteiger partial charge on any atom is 0.267 e. The zero-order valence-electron chi connectivity index (χ0n) is 17.3. The molecule has 3 N–H and O–H groups in total. The summed E-state index contributed by atoms with van der Waals surface area (Å²) in [6.07, 6.45) is 3.03. The van der Waals surface area contributed by atoms with Gasteiger partial charge in [0, 0.05) is 16.9 Å². The summed E-state index contributed by atoms with van der Waals surface area (Å²) in [4.78, 5) is 22.0.